The molecule has 0 saturated heterocycles. The van der Waals surface area contributed by atoms with Crippen LogP contribution in [0.3, 0.4) is 0 Å². The molecule has 0 fully saturated rings. The summed E-state index contributed by atoms with van der Waals surface area (Å²) >= 11 is 0. The van der Waals surface area contributed by atoms with Crippen LogP contribution < -0.4 is 0 Å². The number of aromatic carboxylic acids is 1. The number of benzene rings is 2. The lowest BCUT2D eigenvalue weighted by Gasteiger charge is -2.31. The molecule has 2 heterocycles. The summed E-state index contributed by atoms with van der Waals surface area (Å²) < 4.78 is 44.3. The molecule has 0 bridgehead atoms. The van der Waals surface area contributed by atoms with Gasteiger partial charge in [-0.25, -0.2) is 9.78 Å². The van der Waals surface area contributed by atoms with Crippen LogP contribution in [0.2, 0.25) is 0 Å². The number of alkyl halides is 3. The van der Waals surface area contributed by atoms with E-state index in [9.17, 15) is 23.1 Å². The number of carboxylic acid groups (broad SMARTS) is 1. The Morgan fingerprint density at radius 3 is 2.71 bits per heavy atom. The second kappa shape index (κ2) is 6.07. The molecular formula is C20H17F3N2O3. The molecule has 1 aromatic heterocycles. The minimum Gasteiger partial charge on any atom is -0.478 e. The van der Waals surface area contributed by atoms with E-state index in [1.807, 2.05) is 24.8 Å². The van der Waals surface area contributed by atoms with Gasteiger partial charge in [0.2, 0.25) is 5.89 Å². The highest BCUT2D eigenvalue weighted by Crippen LogP contribution is 2.41. The van der Waals surface area contributed by atoms with Gasteiger partial charge in [-0.05, 0) is 49.2 Å². The van der Waals surface area contributed by atoms with E-state index in [0.717, 1.165) is 23.3 Å². The van der Waals surface area contributed by atoms with Crippen molar-refractivity contribution < 1.29 is 27.5 Å². The highest BCUT2D eigenvalue weighted by Gasteiger charge is 2.40. The fraction of sp³-hybridized carbons (Fsp3) is 0.300. The minimum absolute atomic E-state index is 0.144. The van der Waals surface area contributed by atoms with Crippen LogP contribution in [0.15, 0.2) is 40.8 Å². The van der Waals surface area contributed by atoms with E-state index in [1.54, 1.807) is 12.1 Å². The van der Waals surface area contributed by atoms with Crippen molar-refractivity contribution in [3.8, 4) is 0 Å². The molecule has 1 N–H and O–H groups in total. The van der Waals surface area contributed by atoms with Crippen LogP contribution in [0.5, 0.6) is 0 Å². The van der Waals surface area contributed by atoms with E-state index < -0.39 is 23.2 Å². The predicted octanol–water partition coefficient (Wildman–Crippen LogP) is 4.80. The van der Waals surface area contributed by atoms with E-state index in [0.29, 0.717) is 6.54 Å². The maximum absolute atomic E-state index is 12.9. The number of hydrogen-bond acceptors (Lipinski definition) is 4. The number of carboxylic acids is 1. The molecule has 0 aliphatic carbocycles. The molecule has 0 spiro atoms. The standard InChI is InChI=1S/C20H17F3N2O3/c1-19(2)14-5-3-4-12(18(26)27)13(14)9-25(19)10-17-24-15-8-11(20(21,22)23)6-7-16(15)28-17/h3-8H,9-10H2,1-2H3,(H,26,27). The molecule has 1 aliphatic heterocycles. The fourth-order valence-electron chi connectivity index (χ4n) is 3.73. The smallest absolute Gasteiger partial charge is 0.416 e. The molecule has 28 heavy (non-hydrogen) atoms. The van der Waals surface area contributed by atoms with Gasteiger partial charge in [0.25, 0.3) is 0 Å². The van der Waals surface area contributed by atoms with Gasteiger partial charge < -0.3 is 9.52 Å². The Morgan fingerprint density at radius 2 is 2.04 bits per heavy atom. The molecule has 0 saturated carbocycles. The van der Waals surface area contributed by atoms with Crippen LogP contribution >= 0.6 is 0 Å². The second-order valence-corrected chi connectivity index (χ2v) is 7.34. The summed E-state index contributed by atoms with van der Waals surface area (Å²) in [5.41, 5.74) is 1.06. The quantitative estimate of drug-likeness (QED) is 0.696. The van der Waals surface area contributed by atoms with Gasteiger partial charge in [0, 0.05) is 12.1 Å². The monoisotopic (exact) mass is 390 g/mol. The Morgan fingerprint density at radius 1 is 1.29 bits per heavy atom. The average molecular weight is 390 g/mol. The zero-order chi connectivity index (χ0) is 20.3. The highest BCUT2D eigenvalue weighted by molar-refractivity contribution is 5.90. The molecule has 0 amide bonds. The van der Waals surface area contributed by atoms with E-state index in [4.69, 9.17) is 4.42 Å². The lowest BCUT2D eigenvalue weighted by Crippen LogP contribution is -2.34. The van der Waals surface area contributed by atoms with Crippen LogP contribution in [0, 0.1) is 0 Å². The SMILES string of the molecule is CC1(C)c2cccc(C(=O)O)c2CN1Cc1nc2cc(C(F)(F)F)ccc2o1. The van der Waals surface area contributed by atoms with Crippen molar-refractivity contribution in [3.05, 3.63) is 64.5 Å². The zero-order valence-corrected chi connectivity index (χ0v) is 15.2. The van der Waals surface area contributed by atoms with Crippen molar-refractivity contribution in [1.29, 1.82) is 0 Å². The summed E-state index contributed by atoms with van der Waals surface area (Å²) in [6.45, 7) is 4.57. The van der Waals surface area contributed by atoms with Crippen molar-refractivity contribution in [1.82, 2.24) is 9.88 Å². The van der Waals surface area contributed by atoms with Crippen LogP contribution in [0.4, 0.5) is 13.2 Å². The van der Waals surface area contributed by atoms with Crippen LogP contribution in [-0.4, -0.2) is 21.0 Å². The van der Waals surface area contributed by atoms with Gasteiger partial charge in [-0.2, -0.15) is 13.2 Å². The Labute approximate surface area is 158 Å². The average Bonchev–Trinajstić information content (AvgIpc) is 3.12. The summed E-state index contributed by atoms with van der Waals surface area (Å²) in [4.78, 5) is 17.7. The third-order valence-corrected chi connectivity index (χ3v) is 5.29. The first kappa shape index (κ1) is 18.5. The lowest BCUT2D eigenvalue weighted by atomic mass is 9.91. The summed E-state index contributed by atoms with van der Waals surface area (Å²) in [6, 6.07) is 8.37. The van der Waals surface area contributed by atoms with E-state index in [2.05, 4.69) is 4.98 Å². The third-order valence-electron chi connectivity index (χ3n) is 5.29. The van der Waals surface area contributed by atoms with Crippen molar-refractivity contribution in [2.24, 2.45) is 0 Å². The molecule has 146 valence electrons. The molecule has 1 aliphatic rings. The molecule has 2 aromatic carbocycles. The maximum atomic E-state index is 12.9. The molecule has 0 unspecified atom stereocenters. The molecule has 3 aromatic rings. The first-order valence-electron chi connectivity index (χ1n) is 8.65. The van der Waals surface area contributed by atoms with Gasteiger partial charge in [-0.1, -0.05) is 12.1 Å². The first-order valence-corrected chi connectivity index (χ1v) is 8.65. The molecular weight excluding hydrogens is 373 g/mol. The van der Waals surface area contributed by atoms with E-state index in [1.165, 1.54) is 6.07 Å². The Balaban J connectivity index is 1.66. The number of rotatable bonds is 3. The first-order chi connectivity index (χ1) is 13.1. The Kier molecular flexibility index (Phi) is 4.01. The van der Waals surface area contributed by atoms with Crippen molar-refractivity contribution in [2.75, 3.05) is 0 Å². The van der Waals surface area contributed by atoms with Gasteiger partial charge in [0.15, 0.2) is 5.58 Å². The number of fused-ring (bicyclic) bond motifs is 2. The normalized spacial score (nSPS) is 16.5. The minimum atomic E-state index is -4.45. The molecule has 0 atom stereocenters. The van der Waals surface area contributed by atoms with Gasteiger partial charge >= 0.3 is 12.1 Å². The highest BCUT2D eigenvalue weighted by atomic mass is 19.4. The summed E-state index contributed by atoms with van der Waals surface area (Å²) in [5, 5.41) is 9.44. The number of oxazole rings is 1. The lowest BCUT2D eigenvalue weighted by molar-refractivity contribution is -0.137. The van der Waals surface area contributed by atoms with Gasteiger partial charge in [-0.3, -0.25) is 4.90 Å². The van der Waals surface area contributed by atoms with Gasteiger partial charge in [0.1, 0.15) is 5.52 Å². The Hall–Kier alpha value is -2.87. The molecule has 5 nitrogen and oxygen atoms in total. The summed E-state index contributed by atoms with van der Waals surface area (Å²) in [7, 11) is 0. The maximum Gasteiger partial charge on any atom is 0.416 e. The summed E-state index contributed by atoms with van der Waals surface area (Å²) in [5.74, 6) is -0.705. The van der Waals surface area contributed by atoms with E-state index in [-0.39, 0.29) is 29.1 Å². The largest absolute Gasteiger partial charge is 0.478 e. The fourth-order valence-corrected chi connectivity index (χ4v) is 3.73. The van der Waals surface area contributed by atoms with Gasteiger partial charge in [0.05, 0.1) is 17.7 Å². The van der Waals surface area contributed by atoms with Gasteiger partial charge in [-0.15, -0.1) is 0 Å². The predicted molar refractivity (Wildman–Crippen MR) is 94.7 cm³/mol. The van der Waals surface area contributed by atoms with Crippen molar-refractivity contribution >= 4 is 17.1 Å². The number of aromatic nitrogens is 1. The number of carbonyl (C=O) groups is 1. The van der Waals surface area contributed by atoms with Crippen LogP contribution in [0.25, 0.3) is 11.1 Å². The van der Waals surface area contributed by atoms with Crippen molar-refractivity contribution in [3.63, 3.8) is 0 Å². The van der Waals surface area contributed by atoms with E-state index >= 15 is 0 Å². The molecule has 0 radical (unpaired) electrons. The second-order valence-electron chi connectivity index (χ2n) is 7.34. The Bertz CT molecular complexity index is 1090. The summed E-state index contributed by atoms with van der Waals surface area (Å²) in [6.07, 6.45) is -4.45. The molecule has 4 rings (SSSR count). The number of halogens is 3. The number of hydrogen-bond donors (Lipinski definition) is 1. The number of nitrogens with zero attached hydrogens (tertiary/aromatic N) is 2. The topological polar surface area (TPSA) is 66.6 Å². The van der Waals surface area contributed by atoms with Crippen LogP contribution in [-0.2, 0) is 24.8 Å². The van der Waals surface area contributed by atoms with Crippen LogP contribution in [0.1, 0.15) is 46.8 Å². The third kappa shape index (κ3) is 2.93. The van der Waals surface area contributed by atoms with Crippen molar-refractivity contribution in [2.45, 2.75) is 38.7 Å². The zero-order valence-electron chi connectivity index (χ0n) is 15.2. The molecule has 8 heteroatoms.